The van der Waals surface area contributed by atoms with Crippen molar-refractivity contribution >= 4 is 34.8 Å². The van der Waals surface area contributed by atoms with Crippen LogP contribution < -0.4 is 15.5 Å². The maximum atomic E-state index is 12.3. The summed E-state index contributed by atoms with van der Waals surface area (Å²) in [4.78, 5) is 29.0. The van der Waals surface area contributed by atoms with E-state index in [4.69, 9.17) is 11.6 Å². The SMILES string of the molecule is CN(C)c1ccc([C@H](CNC(=O)C(=O)Nc2cccc(Cl)c2)N2CCCC2)cc1. The molecule has 2 aromatic rings. The number of hydrogen-bond donors (Lipinski definition) is 2. The molecule has 0 saturated carbocycles. The molecule has 0 radical (unpaired) electrons. The summed E-state index contributed by atoms with van der Waals surface area (Å²) < 4.78 is 0. The fourth-order valence-electron chi connectivity index (χ4n) is 3.53. The molecule has 7 heteroatoms. The van der Waals surface area contributed by atoms with Gasteiger partial charge in [-0.05, 0) is 61.8 Å². The van der Waals surface area contributed by atoms with Crippen LogP contribution in [-0.4, -0.2) is 50.4 Å². The van der Waals surface area contributed by atoms with Gasteiger partial charge in [0.1, 0.15) is 0 Å². The first kappa shape index (κ1) is 21.1. The first-order valence-electron chi connectivity index (χ1n) is 9.80. The molecule has 1 heterocycles. The normalized spacial score (nSPS) is 15.0. The van der Waals surface area contributed by atoms with Crippen LogP contribution in [0.1, 0.15) is 24.4 Å². The standard InChI is InChI=1S/C22H27ClN4O2/c1-26(2)19-10-8-16(9-11-19)20(27-12-3-4-13-27)15-24-21(28)22(29)25-18-7-5-6-17(23)14-18/h5-11,14,20H,3-4,12-13,15H2,1-2H3,(H,24,28)(H,25,29)/t20-/m0/s1. The molecule has 154 valence electrons. The molecule has 1 atom stereocenters. The second-order valence-electron chi connectivity index (χ2n) is 7.42. The Morgan fingerprint density at radius 3 is 2.38 bits per heavy atom. The van der Waals surface area contributed by atoms with Gasteiger partial charge < -0.3 is 15.5 Å². The lowest BCUT2D eigenvalue weighted by Gasteiger charge is -2.28. The zero-order valence-electron chi connectivity index (χ0n) is 16.8. The van der Waals surface area contributed by atoms with Crippen molar-refractivity contribution in [2.24, 2.45) is 0 Å². The van der Waals surface area contributed by atoms with Gasteiger partial charge >= 0.3 is 11.8 Å². The Kier molecular flexibility index (Phi) is 7.12. The molecule has 29 heavy (non-hydrogen) atoms. The lowest BCUT2D eigenvalue weighted by molar-refractivity contribution is -0.136. The Morgan fingerprint density at radius 1 is 1.07 bits per heavy atom. The number of likely N-dealkylation sites (tertiary alicyclic amines) is 1. The van der Waals surface area contributed by atoms with Gasteiger partial charge in [0, 0.05) is 37.0 Å². The highest BCUT2D eigenvalue weighted by molar-refractivity contribution is 6.39. The Morgan fingerprint density at radius 2 is 1.76 bits per heavy atom. The second kappa shape index (κ2) is 9.76. The molecular formula is C22H27ClN4O2. The highest BCUT2D eigenvalue weighted by Crippen LogP contribution is 2.26. The van der Waals surface area contributed by atoms with Crippen LogP contribution in [0.5, 0.6) is 0 Å². The van der Waals surface area contributed by atoms with Crippen LogP contribution in [0.4, 0.5) is 11.4 Å². The summed E-state index contributed by atoms with van der Waals surface area (Å²) >= 11 is 5.92. The minimum absolute atomic E-state index is 0.0385. The van der Waals surface area contributed by atoms with Crippen LogP contribution in [0.15, 0.2) is 48.5 Å². The predicted molar refractivity (Wildman–Crippen MR) is 117 cm³/mol. The molecule has 3 rings (SSSR count). The van der Waals surface area contributed by atoms with Crippen molar-refractivity contribution in [2.45, 2.75) is 18.9 Å². The van der Waals surface area contributed by atoms with Gasteiger partial charge in [0.15, 0.2) is 0 Å². The second-order valence-corrected chi connectivity index (χ2v) is 7.86. The third kappa shape index (κ3) is 5.71. The van der Waals surface area contributed by atoms with Gasteiger partial charge in [-0.15, -0.1) is 0 Å². The molecule has 0 aliphatic carbocycles. The Bertz CT molecular complexity index is 848. The molecular weight excluding hydrogens is 388 g/mol. The first-order valence-corrected chi connectivity index (χ1v) is 10.2. The summed E-state index contributed by atoms with van der Waals surface area (Å²) in [5, 5.41) is 5.87. The maximum Gasteiger partial charge on any atom is 0.313 e. The largest absolute Gasteiger partial charge is 0.378 e. The number of amides is 2. The molecule has 2 amide bonds. The van der Waals surface area contributed by atoms with E-state index < -0.39 is 11.8 Å². The highest BCUT2D eigenvalue weighted by Gasteiger charge is 2.25. The number of anilines is 2. The van der Waals surface area contributed by atoms with Crippen LogP contribution in [0.3, 0.4) is 0 Å². The van der Waals surface area contributed by atoms with E-state index in [0.717, 1.165) is 37.2 Å². The van der Waals surface area contributed by atoms with Crippen LogP contribution in [0, 0.1) is 0 Å². The van der Waals surface area contributed by atoms with Crippen LogP contribution in [-0.2, 0) is 9.59 Å². The Balaban J connectivity index is 1.64. The van der Waals surface area contributed by atoms with Gasteiger partial charge in [0.05, 0.1) is 6.04 Å². The molecule has 1 saturated heterocycles. The summed E-state index contributed by atoms with van der Waals surface area (Å²) in [7, 11) is 4.01. The van der Waals surface area contributed by atoms with E-state index in [9.17, 15) is 9.59 Å². The van der Waals surface area contributed by atoms with Crippen molar-refractivity contribution in [2.75, 3.05) is 43.9 Å². The highest BCUT2D eigenvalue weighted by atomic mass is 35.5. The monoisotopic (exact) mass is 414 g/mol. The van der Waals surface area contributed by atoms with E-state index in [1.165, 1.54) is 0 Å². The van der Waals surface area contributed by atoms with E-state index >= 15 is 0 Å². The molecule has 2 aromatic carbocycles. The van der Waals surface area contributed by atoms with E-state index in [2.05, 4.69) is 44.7 Å². The Labute approximate surface area is 176 Å². The average Bonchev–Trinajstić information content (AvgIpc) is 3.23. The number of benzene rings is 2. The van der Waals surface area contributed by atoms with Crippen molar-refractivity contribution in [1.29, 1.82) is 0 Å². The third-order valence-corrected chi connectivity index (χ3v) is 5.36. The number of nitrogens with zero attached hydrogens (tertiary/aromatic N) is 2. The van der Waals surface area contributed by atoms with Crippen LogP contribution >= 0.6 is 11.6 Å². The first-order chi connectivity index (χ1) is 13.9. The summed E-state index contributed by atoms with van der Waals surface area (Å²) in [6, 6.07) is 15.1. The van der Waals surface area contributed by atoms with Gasteiger partial charge in [0.2, 0.25) is 0 Å². The molecule has 0 spiro atoms. The molecule has 6 nitrogen and oxygen atoms in total. The molecule has 0 unspecified atom stereocenters. The Hall–Kier alpha value is -2.57. The van der Waals surface area contributed by atoms with Crippen molar-refractivity contribution in [3.05, 3.63) is 59.1 Å². The van der Waals surface area contributed by atoms with Gasteiger partial charge in [-0.3, -0.25) is 14.5 Å². The topological polar surface area (TPSA) is 64.7 Å². The van der Waals surface area contributed by atoms with E-state index in [0.29, 0.717) is 17.3 Å². The van der Waals surface area contributed by atoms with Crippen molar-refractivity contribution in [1.82, 2.24) is 10.2 Å². The lowest BCUT2D eigenvalue weighted by atomic mass is 10.0. The van der Waals surface area contributed by atoms with Crippen molar-refractivity contribution < 1.29 is 9.59 Å². The third-order valence-electron chi connectivity index (χ3n) is 5.12. The van der Waals surface area contributed by atoms with Crippen molar-refractivity contribution in [3.63, 3.8) is 0 Å². The van der Waals surface area contributed by atoms with E-state index in [1.54, 1.807) is 24.3 Å². The summed E-state index contributed by atoms with van der Waals surface area (Å²) in [6.45, 7) is 2.36. The summed E-state index contributed by atoms with van der Waals surface area (Å²) in [6.07, 6.45) is 2.30. The number of rotatable bonds is 6. The van der Waals surface area contributed by atoms with Crippen LogP contribution in [0.25, 0.3) is 0 Å². The van der Waals surface area contributed by atoms with Crippen LogP contribution in [0.2, 0.25) is 5.02 Å². The zero-order chi connectivity index (χ0) is 20.8. The molecule has 0 bridgehead atoms. The minimum atomic E-state index is -0.699. The quantitative estimate of drug-likeness (QED) is 0.712. The van der Waals surface area contributed by atoms with Crippen molar-refractivity contribution in [3.8, 4) is 0 Å². The fraction of sp³-hybridized carbons (Fsp3) is 0.364. The maximum absolute atomic E-state index is 12.3. The van der Waals surface area contributed by atoms with Gasteiger partial charge in [-0.25, -0.2) is 0 Å². The molecule has 1 fully saturated rings. The molecule has 1 aliphatic rings. The van der Waals surface area contributed by atoms with E-state index in [-0.39, 0.29) is 6.04 Å². The predicted octanol–water partition coefficient (Wildman–Crippen LogP) is 3.30. The van der Waals surface area contributed by atoms with Gasteiger partial charge in [-0.2, -0.15) is 0 Å². The minimum Gasteiger partial charge on any atom is -0.378 e. The lowest BCUT2D eigenvalue weighted by Crippen LogP contribution is -2.41. The van der Waals surface area contributed by atoms with Gasteiger partial charge in [0.25, 0.3) is 0 Å². The molecule has 2 N–H and O–H groups in total. The van der Waals surface area contributed by atoms with E-state index in [1.807, 2.05) is 14.1 Å². The molecule has 1 aliphatic heterocycles. The molecule has 0 aromatic heterocycles. The average molecular weight is 415 g/mol. The summed E-state index contributed by atoms with van der Waals surface area (Å²) in [5.41, 5.74) is 2.75. The fourth-order valence-corrected chi connectivity index (χ4v) is 3.72. The number of carbonyl (C=O) groups is 2. The number of nitrogens with one attached hydrogen (secondary N) is 2. The number of hydrogen-bond acceptors (Lipinski definition) is 4. The van der Waals surface area contributed by atoms with Gasteiger partial charge in [-0.1, -0.05) is 29.8 Å². The summed E-state index contributed by atoms with van der Waals surface area (Å²) in [5.74, 6) is -1.35. The zero-order valence-corrected chi connectivity index (χ0v) is 17.6. The number of halogens is 1. The smallest absolute Gasteiger partial charge is 0.313 e. The number of carbonyl (C=O) groups excluding carboxylic acids is 2.